The average Bonchev–Trinajstić information content (AvgIpc) is 2.47. The van der Waals surface area contributed by atoms with Gasteiger partial charge in [-0.25, -0.2) is 0 Å². The van der Waals surface area contributed by atoms with E-state index in [1.54, 1.807) is 25.3 Å². The molecular formula is C16H17ClO3. The molecule has 3 nitrogen and oxygen atoms in total. The van der Waals surface area contributed by atoms with Gasteiger partial charge in [0.05, 0.1) is 18.7 Å². The summed E-state index contributed by atoms with van der Waals surface area (Å²) in [5.74, 6) is 1.45. The van der Waals surface area contributed by atoms with Gasteiger partial charge in [0.25, 0.3) is 0 Å². The number of hydrogen-bond acceptors (Lipinski definition) is 3. The van der Waals surface area contributed by atoms with E-state index in [2.05, 4.69) is 0 Å². The highest BCUT2D eigenvalue weighted by Gasteiger charge is 2.14. The summed E-state index contributed by atoms with van der Waals surface area (Å²) < 4.78 is 10.5. The fourth-order valence-corrected chi connectivity index (χ4v) is 2.22. The monoisotopic (exact) mass is 292 g/mol. The van der Waals surface area contributed by atoms with Gasteiger partial charge in [0.2, 0.25) is 0 Å². The van der Waals surface area contributed by atoms with Crippen molar-refractivity contribution in [3.05, 3.63) is 58.6 Å². The van der Waals surface area contributed by atoms with E-state index in [9.17, 15) is 5.11 Å². The smallest absolute Gasteiger partial charge is 0.120 e. The molecule has 0 heterocycles. The number of ether oxygens (including phenoxy) is 2. The van der Waals surface area contributed by atoms with E-state index in [1.807, 2.05) is 31.2 Å². The summed E-state index contributed by atoms with van der Waals surface area (Å²) in [7, 11) is 1.58. The quantitative estimate of drug-likeness (QED) is 0.910. The molecule has 0 spiro atoms. The normalized spacial score (nSPS) is 12.0. The second-order valence-corrected chi connectivity index (χ2v) is 4.70. The Hall–Kier alpha value is -1.71. The molecule has 1 atom stereocenters. The summed E-state index contributed by atoms with van der Waals surface area (Å²) in [5.41, 5.74) is 1.41. The number of rotatable bonds is 5. The first-order valence-corrected chi connectivity index (χ1v) is 6.77. The maximum atomic E-state index is 10.4. The molecule has 0 saturated heterocycles. The van der Waals surface area contributed by atoms with Crippen LogP contribution in [0.5, 0.6) is 11.5 Å². The Balaban J connectivity index is 2.24. The molecule has 2 aromatic rings. The lowest BCUT2D eigenvalue weighted by Crippen LogP contribution is -2.01. The largest absolute Gasteiger partial charge is 0.497 e. The highest BCUT2D eigenvalue weighted by atomic mass is 35.5. The van der Waals surface area contributed by atoms with Gasteiger partial charge in [-0.05, 0) is 36.8 Å². The van der Waals surface area contributed by atoms with Gasteiger partial charge in [-0.3, -0.25) is 0 Å². The molecule has 4 heteroatoms. The predicted molar refractivity (Wildman–Crippen MR) is 79.7 cm³/mol. The van der Waals surface area contributed by atoms with Crippen molar-refractivity contribution in [3.63, 3.8) is 0 Å². The summed E-state index contributed by atoms with van der Waals surface area (Å²) in [5, 5.41) is 10.9. The molecule has 0 radical (unpaired) electrons. The van der Waals surface area contributed by atoms with Crippen molar-refractivity contribution in [1.29, 1.82) is 0 Å². The van der Waals surface area contributed by atoms with Crippen LogP contribution in [0.15, 0.2) is 42.5 Å². The first kappa shape index (κ1) is 14.7. The van der Waals surface area contributed by atoms with E-state index in [0.717, 1.165) is 11.3 Å². The molecule has 0 amide bonds. The van der Waals surface area contributed by atoms with Crippen LogP contribution in [0.3, 0.4) is 0 Å². The molecule has 0 aliphatic rings. The third-order valence-corrected chi connectivity index (χ3v) is 3.34. The number of methoxy groups -OCH3 is 1. The van der Waals surface area contributed by atoms with Crippen molar-refractivity contribution < 1.29 is 14.6 Å². The Morgan fingerprint density at radius 1 is 1.10 bits per heavy atom. The van der Waals surface area contributed by atoms with Crippen molar-refractivity contribution in [2.24, 2.45) is 0 Å². The Bertz CT molecular complexity index is 566. The molecule has 20 heavy (non-hydrogen) atoms. The molecule has 0 aliphatic heterocycles. The lowest BCUT2D eigenvalue weighted by molar-refractivity contribution is 0.220. The van der Waals surface area contributed by atoms with Crippen molar-refractivity contribution in [3.8, 4) is 11.5 Å². The summed E-state index contributed by atoms with van der Waals surface area (Å²) >= 11 is 6.17. The number of halogens is 1. The van der Waals surface area contributed by atoms with Crippen LogP contribution < -0.4 is 9.47 Å². The van der Waals surface area contributed by atoms with E-state index >= 15 is 0 Å². The van der Waals surface area contributed by atoms with Crippen molar-refractivity contribution >= 4 is 11.6 Å². The third-order valence-electron chi connectivity index (χ3n) is 3.01. The van der Waals surface area contributed by atoms with Gasteiger partial charge in [0, 0.05) is 5.56 Å². The van der Waals surface area contributed by atoms with E-state index in [-0.39, 0.29) is 0 Å². The Morgan fingerprint density at radius 3 is 2.30 bits per heavy atom. The van der Waals surface area contributed by atoms with E-state index < -0.39 is 6.10 Å². The van der Waals surface area contributed by atoms with E-state index in [1.165, 1.54) is 0 Å². The van der Waals surface area contributed by atoms with Gasteiger partial charge in [-0.1, -0.05) is 29.8 Å². The van der Waals surface area contributed by atoms with Gasteiger partial charge in [0.1, 0.15) is 17.6 Å². The van der Waals surface area contributed by atoms with Crippen LogP contribution in [-0.4, -0.2) is 18.8 Å². The molecule has 0 aliphatic carbocycles. The van der Waals surface area contributed by atoms with Crippen molar-refractivity contribution in [2.45, 2.75) is 13.0 Å². The fraction of sp³-hybridized carbons (Fsp3) is 0.250. The van der Waals surface area contributed by atoms with Crippen molar-refractivity contribution in [2.75, 3.05) is 13.7 Å². The summed E-state index contributed by atoms with van der Waals surface area (Å²) in [4.78, 5) is 0. The molecule has 2 aromatic carbocycles. The van der Waals surface area contributed by atoms with Gasteiger partial charge in [0.15, 0.2) is 0 Å². The zero-order valence-electron chi connectivity index (χ0n) is 11.5. The second-order valence-electron chi connectivity index (χ2n) is 4.29. The lowest BCUT2D eigenvalue weighted by atomic mass is 10.0. The maximum Gasteiger partial charge on any atom is 0.120 e. The Labute approximate surface area is 123 Å². The van der Waals surface area contributed by atoms with Crippen LogP contribution in [0.2, 0.25) is 5.02 Å². The molecule has 0 fully saturated rings. The topological polar surface area (TPSA) is 38.7 Å². The number of aliphatic hydroxyl groups is 1. The average molecular weight is 293 g/mol. The molecule has 1 N–H and O–H groups in total. The summed E-state index contributed by atoms with van der Waals surface area (Å²) in [6.07, 6.45) is -0.774. The first-order valence-electron chi connectivity index (χ1n) is 6.40. The predicted octanol–water partition coefficient (Wildman–Crippen LogP) is 3.83. The van der Waals surface area contributed by atoms with Crippen LogP contribution in [0, 0.1) is 0 Å². The van der Waals surface area contributed by atoms with Crippen LogP contribution in [-0.2, 0) is 0 Å². The minimum atomic E-state index is -0.774. The number of aliphatic hydroxyl groups excluding tert-OH is 1. The Morgan fingerprint density at radius 2 is 1.75 bits per heavy atom. The zero-order valence-corrected chi connectivity index (χ0v) is 12.2. The molecule has 2 rings (SSSR count). The number of hydrogen-bond donors (Lipinski definition) is 1. The highest BCUT2D eigenvalue weighted by Crippen LogP contribution is 2.31. The molecule has 0 saturated carbocycles. The summed E-state index contributed by atoms with van der Waals surface area (Å²) in [6.45, 7) is 2.55. The van der Waals surface area contributed by atoms with E-state index in [4.69, 9.17) is 21.1 Å². The molecule has 106 valence electrons. The minimum Gasteiger partial charge on any atom is -0.497 e. The third kappa shape index (κ3) is 3.24. The zero-order chi connectivity index (χ0) is 14.5. The first-order chi connectivity index (χ1) is 9.65. The van der Waals surface area contributed by atoms with Crippen LogP contribution >= 0.6 is 11.6 Å². The fourth-order valence-electron chi connectivity index (χ4n) is 1.95. The molecule has 1 unspecified atom stereocenters. The Kier molecular flexibility index (Phi) is 4.88. The van der Waals surface area contributed by atoms with Crippen LogP contribution in [0.1, 0.15) is 24.2 Å². The molecule has 0 aromatic heterocycles. The van der Waals surface area contributed by atoms with Gasteiger partial charge < -0.3 is 14.6 Å². The number of benzene rings is 2. The lowest BCUT2D eigenvalue weighted by Gasteiger charge is -2.14. The van der Waals surface area contributed by atoms with Crippen LogP contribution in [0.4, 0.5) is 0 Å². The molecule has 0 bridgehead atoms. The standard InChI is InChI=1S/C16H17ClO3/c1-3-20-12-6-4-11(5-7-12)16(18)14-9-8-13(19-2)10-15(14)17/h4-10,16,18H,3H2,1-2H3. The van der Waals surface area contributed by atoms with Gasteiger partial charge in [-0.15, -0.1) is 0 Å². The van der Waals surface area contributed by atoms with Crippen molar-refractivity contribution in [1.82, 2.24) is 0 Å². The maximum absolute atomic E-state index is 10.4. The second kappa shape index (κ2) is 6.64. The minimum absolute atomic E-state index is 0.478. The summed E-state index contributed by atoms with van der Waals surface area (Å²) in [6, 6.07) is 12.6. The molecular weight excluding hydrogens is 276 g/mol. The van der Waals surface area contributed by atoms with Gasteiger partial charge >= 0.3 is 0 Å². The highest BCUT2D eigenvalue weighted by molar-refractivity contribution is 6.31. The van der Waals surface area contributed by atoms with Crippen LogP contribution in [0.25, 0.3) is 0 Å². The van der Waals surface area contributed by atoms with E-state index in [0.29, 0.717) is 22.9 Å². The SMILES string of the molecule is CCOc1ccc(C(O)c2ccc(OC)cc2Cl)cc1. The van der Waals surface area contributed by atoms with Gasteiger partial charge in [-0.2, -0.15) is 0 Å².